The van der Waals surface area contributed by atoms with E-state index in [1.54, 1.807) is 25.1 Å². The zero-order valence-electron chi connectivity index (χ0n) is 19.5. The number of nitrogens with zero attached hydrogens (tertiary/aromatic N) is 2. The zero-order valence-corrected chi connectivity index (χ0v) is 21.1. The lowest BCUT2D eigenvalue weighted by Crippen LogP contribution is -2.21. The molecular weight excluding hydrogens is 510 g/mol. The van der Waals surface area contributed by atoms with Crippen LogP contribution >= 0.6 is 15.9 Å². The number of aryl methyl sites for hydroxylation is 1. The number of anilines is 2. The molecule has 3 aromatic rings. The zero-order chi connectivity index (χ0) is 24.9. The van der Waals surface area contributed by atoms with Gasteiger partial charge in [0.1, 0.15) is 0 Å². The van der Waals surface area contributed by atoms with Crippen LogP contribution in [0.2, 0.25) is 0 Å². The Morgan fingerprint density at radius 1 is 1.06 bits per heavy atom. The van der Waals surface area contributed by atoms with E-state index in [2.05, 4.69) is 26.3 Å². The number of carbonyl (C=O) groups excluding carboxylic acids is 2. The van der Waals surface area contributed by atoms with Crippen molar-refractivity contribution in [3.05, 3.63) is 87.9 Å². The van der Waals surface area contributed by atoms with Crippen molar-refractivity contribution < 1.29 is 19.1 Å². The molecule has 1 heterocycles. The van der Waals surface area contributed by atoms with Gasteiger partial charge in [-0.3, -0.25) is 9.59 Å². The van der Waals surface area contributed by atoms with Crippen LogP contribution in [0.1, 0.15) is 18.1 Å². The second-order valence-corrected chi connectivity index (χ2v) is 8.78. The molecule has 8 heteroatoms. The molecule has 4 rings (SSSR count). The Morgan fingerprint density at radius 2 is 1.77 bits per heavy atom. The minimum Gasteiger partial charge on any atom is -0.493 e. The van der Waals surface area contributed by atoms with E-state index in [0.29, 0.717) is 44.2 Å². The molecule has 7 nitrogen and oxygen atoms in total. The Morgan fingerprint density at radius 3 is 2.46 bits per heavy atom. The molecule has 0 aromatic heterocycles. The highest BCUT2D eigenvalue weighted by atomic mass is 79.9. The van der Waals surface area contributed by atoms with Crippen LogP contribution in [-0.4, -0.2) is 31.2 Å². The van der Waals surface area contributed by atoms with Crippen LogP contribution in [0, 0.1) is 6.92 Å². The molecule has 1 aliphatic rings. The van der Waals surface area contributed by atoms with Gasteiger partial charge < -0.3 is 14.8 Å². The van der Waals surface area contributed by atoms with Gasteiger partial charge in [-0.05, 0) is 61.9 Å². The van der Waals surface area contributed by atoms with Gasteiger partial charge in [-0.25, -0.2) is 0 Å². The number of hydrogen-bond donors (Lipinski definition) is 1. The SMILES string of the molecule is COc1cc(/C=C2/C(=O)N(c3ccccc3)N=C2C)c(Br)cc1OCC(=O)Nc1ccc(C)cc1. The maximum Gasteiger partial charge on any atom is 0.280 e. The predicted octanol–water partition coefficient (Wildman–Crippen LogP) is 5.59. The smallest absolute Gasteiger partial charge is 0.280 e. The molecule has 2 amide bonds. The molecule has 3 aromatic carbocycles. The number of methoxy groups -OCH3 is 1. The quantitative estimate of drug-likeness (QED) is 0.401. The van der Waals surface area contributed by atoms with Crippen LogP contribution in [0.25, 0.3) is 6.08 Å². The van der Waals surface area contributed by atoms with Gasteiger partial charge in [-0.2, -0.15) is 10.1 Å². The predicted molar refractivity (Wildman–Crippen MR) is 141 cm³/mol. The number of ether oxygens (including phenoxy) is 2. The van der Waals surface area contributed by atoms with Gasteiger partial charge in [-0.15, -0.1) is 0 Å². The molecule has 0 aliphatic carbocycles. The number of benzene rings is 3. The molecule has 0 fully saturated rings. The lowest BCUT2D eigenvalue weighted by Gasteiger charge is -2.14. The Hall–Kier alpha value is -3.91. The summed E-state index contributed by atoms with van der Waals surface area (Å²) in [6.07, 6.45) is 1.75. The molecule has 0 saturated carbocycles. The van der Waals surface area contributed by atoms with Gasteiger partial charge in [0, 0.05) is 10.2 Å². The Balaban J connectivity index is 1.50. The normalized spacial score (nSPS) is 14.2. The van der Waals surface area contributed by atoms with Crippen molar-refractivity contribution in [2.24, 2.45) is 5.10 Å². The first kappa shape index (κ1) is 24.2. The summed E-state index contributed by atoms with van der Waals surface area (Å²) in [6, 6.07) is 20.2. The average molecular weight is 534 g/mol. The van der Waals surface area contributed by atoms with E-state index in [4.69, 9.17) is 9.47 Å². The highest BCUT2D eigenvalue weighted by molar-refractivity contribution is 9.10. The van der Waals surface area contributed by atoms with E-state index in [1.807, 2.05) is 61.5 Å². The van der Waals surface area contributed by atoms with Crippen molar-refractivity contribution in [1.29, 1.82) is 0 Å². The number of carbonyl (C=O) groups is 2. The lowest BCUT2D eigenvalue weighted by molar-refractivity contribution is -0.118. The van der Waals surface area contributed by atoms with E-state index in [9.17, 15) is 9.59 Å². The third-order valence-electron chi connectivity index (χ3n) is 5.34. The van der Waals surface area contributed by atoms with Crippen LogP contribution in [0.15, 0.2) is 81.9 Å². The summed E-state index contributed by atoms with van der Waals surface area (Å²) in [5.41, 5.74) is 4.30. The summed E-state index contributed by atoms with van der Waals surface area (Å²) < 4.78 is 11.9. The number of nitrogens with one attached hydrogen (secondary N) is 1. The molecule has 0 radical (unpaired) electrons. The number of para-hydroxylation sites is 1. The summed E-state index contributed by atoms with van der Waals surface area (Å²) in [4.78, 5) is 25.3. The van der Waals surface area contributed by atoms with Crippen LogP contribution in [0.3, 0.4) is 0 Å². The van der Waals surface area contributed by atoms with Crippen LogP contribution in [-0.2, 0) is 9.59 Å². The largest absolute Gasteiger partial charge is 0.493 e. The second-order valence-electron chi connectivity index (χ2n) is 7.92. The van der Waals surface area contributed by atoms with Gasteiger partial charge in [0.05, 0.1) is 24.1 Å². The summed E-state index contributed by atoms with van der Waals surface area (Å²) in [5.74, 6) is 0.327. The maximum absolute atomic E-state index is 13.0. The van der Waals surface area contributed by atoms with Gasteiger partial charge in [0.2, 0.25) is 0 Å². The maximum atomic E-state index is 13.0. The fraction of sp³-hybridized carbons (Fsp3) is 0.148. The van der Waals surface area contributed by atoms with Crippen molar-refractivity contribution >= 4 is 50.9 Å². The third kappa shape index (κ3) is 5.60. The summed E-state index contributed by atoms with van der Waals surface area (Å²) in [7, 11) is 1.52. The van der Waals surface area contributed by atoms with Crippen LogP contribution in [0.4, 0.5) is 11.4 Å². The van der Waals surface area contributed by atoms with E-state index in [0.717, 1.165) is 5.56 Å². The summed E-state index contributed by atoms with van der Waals surface area (Å²) >= 11 is 3.54. The average Bonchev–Trinajstić information content (AvgIpc) is 3.14. The molecule has 1 aliphatic heterocycles. The number of rotatable bonds is 7. The van der Waals surface area contributed by atoms with Crippen molar-refractivity contribution in [3.8, 4) is 11.5 Å². The molecule has 35 heavy (non-hydrogen) atoms. The van der Waals surface area contributed by atoms with Gasteiger partial charge in [-0.1, -0.05) is 51.8 Å². The topological polar surface area (TPSA) is 80.2 Å². The van der Waals surface area contributed by atoms with Gasteiger partial charge >= 0.3 is 0 Å². The molecular formula is C27H24BrN3O4. The van der Waals surface area contributed by atoms with Crippen LogP contribution in [0.5, 0.6) is 11.5 Å². The van der Waals surface area contributed by atoms with Crippen molar-refractivity contribution in [2.75, 3.05) is 24.0 Å². The molecule has 0 bridgehead atoms. The first-order valence-electron chi connectivity index (χ1n) is 10.9. The highest BCUT2D eigenvalue weighted by Gasteiger charge is 2.29. The van der Waals surface area contributed by atoms with Crippen molar-refractivity contribution in [2.45, 2.75) is 13.8 Å². The summed E-state index contributed by atoms with van der Waals surface area (Å²) in [6.45, 7) is 3.59. The molecule has 0 spiro atoms. The van der Waals surface area contributed by atoms with E-state index in [-0.39, 0.29) is 18.4 Å². The summed E-state index contributed by atoms with van der Waals surface area (Å²) in [5, 5.41) is 8.59. The lowest BCUT2D eigenvalue weighted by atomic mass is 10.1. The number of amides is 2. The minimum atomic E-state index is -0.289. The van der Waals surface area contributed by atoms with Gasteiger partial charge in [0.25, 0.3) is 11.8 Å². The van der Waals surface area contributed by atoms with E-state index < -0.39 is 0 Å². The molecule has 0 saturated heterocycles. The Labute approximate surface area is 212 Å². The molecule has 0 atom stereocenters. The number of hydrogen-bond acceptors (Lipinski definition) is 5. The Bertz CT molecular complexity index is 1320. The number of hydrazone groups is 1. The number of halogens is 1. The third-order valence-corrected chi connectivity index (χ3v) is 6.03. The van der Waals surface area contributed by atoms with Crippen LogP contribution < -0.4 is 19.8 Å². The molecule has 0 unspecified atom stereocenters. The fourth-order valence-electron chi connectivity index (χ4n) is 3.50. The second kappa shape index (κ2) is 10.6. The van der Waals surface area contributed by atoms with E-state index in [1.165, 1.54) is 12.1 Å². The molecule has 1 N–H and O–H groups in total. The highest BCUT2D eigenvalue weighted by Crippen LogP contribution is 2.35. The fourth-order valence-corrected chi connectivity index (χ4v) is 3.93. The first-order chi connectivity index (χ1) is 16.9. The van der Waals surface area contributed by atoms with Gasteiger partial charge in [0.15, 0.2) is 18.1 Å². The monoisotopic (exact) mass is 533 g/mol. The molecule has 178 valence electrons. The first-order valence-corrected chi connectivity index (χ1v) is 11.7. The minimum absolute atomic E-state index is 0.187. The Kier molecular flexibility index (Phi) is 7.31. The standard InChI is InChI=1S/C27H24BrN3O4/c1-17-9-11-20(12-10-17)29-26(32)16-35-25-15-23(28)19(14-24(25)34-3)13-22-18(2)30-31(27(22)33)21-7-5-4-6-8-21/h4-15H,16H2,1-3H3,(H,29,32)/b22-13+. The van der Waals surface area contributed by atoms with Crippen molar-refractivity contribution in [3.63, 3.8) is 0 Å². The van der Waals surface area contributed by atoms with E-state index >= 15 is 0 Å². The van der Waals surface area contributed by atoms with Crippen molar-refractivity contribution in [1.82, 2.24) is 0 Å².